The van der Waals surface area contributed by atoms with Gasteiger partial charge in [0.25, 0.3) is 11.8 Å². The summed E-state index contributed by atoms with van der Waals surface area (Å²) in [5, 5.41) is 13.5. The number of nitrogens with zero attached hydrogens (tertiary/aromatic N) is 2. The van der Waals surface area contributed by atoms with Crippen molar-refractivity contribution in [1.29, 1.82) is 0 Å². The van der Waals surface area contributed by atoms with Gasteiger partial charge in [-0.2, -0.15) is 13.2 Å². The number of hydrogen-bond acceptors (Lipinski definition) is 7. The van der Waals surface area contributed by atoms with E-state index in [9.17, 15) is 32.3 Å². The first-order valence-corrected chi connectivity index (χ1v) is 14.0. The van der Waals surface area contributed by atoms with E-state index in [1.165, 1.54) is 30.6 Å². The molecule has 0 aliphatic rings. The van der Waals surface area contributed by atoms with Gasteiger partial charge in [-0.05, 0) is 80.9 Å². The summed E-state index contributed by atoms with van der Waals surface area (Å²) >= 11 is 0. The van der Waals surface area contributed by atoms with Crippen molar-refractivity contribution in [3.8, 4) is 0 Å². The van der Waals surface area contributed by atoms with Gasteiger partial charge >= 0.3 is 6.18 Å². The van der Waals surface area contributed by atoms with E-state index < -0.39 is 40.9 Å². The van der Waals surface area contributed by atoms with Crippen LogP contribution in [0.1, 0.15) is 45.7 Å². The molecule has 3 aromatic carbocycles. The van der Waals surface area contributed by atoms with Gasteiger partial charge in [0.05, 0.1) is 23.6 Å². The number of benzene rings is 3. The number of amides is 4. The summed E-state index contributed by atoms with van der Waals surface area (Å²) in [6, 6.07) is 15.3. The normalized spacial score (nSPS) is 11.2. The maximum atomic E-state index is 13.1. The van der Waals surface area contributed by atoms with Gasteiger partial charge in [-0.15, -0.1) is 0 Å². The van der Waals surface area contributed by atoms with Gasteiger partial charge in [0.15, 0.2) is 0 Å². The number of anilines is 5. The molecule has 47 heavy (non-hydrogen) atoms. The fourth-order valence-corrected chi connectivity index (χ4v) is 4.15. The first kappa shape index (κ1) is 33.8. The van der Waals surface area contributed by atoms with Crippen molar-refractivity contribution in [2.75, 3.05) is 21.3 Å². The zero-order valence-corrected chi connectivity index (χ0v) is 25.5. The van der Waals surface area contributed by atoms with E-state index in [1.54, 1.807) is 51.1 Å². The van der Waals surface area contributed by atoms with Gasteiger partial charge in [0, 0.05) is 28.2 Å². The predicted molar refractivity (Wildman–Crippen MR) is 171 cm³/mol. The van der Waals surface area contributed by atoms with E-state index in [1.807, 2.05) is 0 Å². The molecule has 0 aliphatic heterocycles. The fourth-order valence-electron chi connectivity index (χ4n) is 4.15. The zero-order valence-electron chi connectivity index (χ0n) is 25.5. The van der Waals surface area contributed by atoms with Crippen molar-refractivity contribution in [3.63, 3.8) is 0 Å². The Kier molecular flexibility index (Phi) is 10.0. The summed E-state index contributed by atoms with van der Waals surface area (Å²) in [5.74, 6) is -2.03. The van der Waals surface area contributed by atoms with Crippen LogP contribution in [0.2, 0.25) is 0 Å². The Bertz CT molecular complexity index is 1840. The van der Waals surface area contributed by atoms with Crippen molar-refractivity contribution in [1.82, 2.24) is 15.3 Å². The van der Waals surface area contributed by atoms with Crippen LogP contribution in [-0.2, 0) is 15.8 Å². The van der Waals surface area contributed by atoms with E-state index in [-0.39, 0.29) is 28.5 Å². The lowest BCUT2D eigenvalue weighted by Crippen LogP contribution is -2.51. The van der Waals surface area contributed by atoms with Gasteiger partial charge < -0.3 is 26.6 Å². The Morgan fingerprint density at radius 1 is 0.766 bits per heavy atom. The Labute approximate surface area is 267 Å². The Balaban J connectivity index is 1.38. The lowest BCUT2D eigenvalue weighted by Gasteiger charge is -2.24. The standard InChI is InChI=1S/C33H30F3N7O4/c1-5-27(44)43-32(3,4)30(47)41-22-10-7-11-23(15-22)42-31-37-17-25(18-38-31)40-29(46)26-16-24(13-12-19(26)2)39-28(45)20-8-6-9-21(14-20)33(34,35)36/h5-18H,1H2,2-4H3,(H,39,45)(H,40,46)(H,41,47)(H,43,44)(H,37,38,42). The highest BCUT2D eigenvalue weighted by Gasteiger charge is 2.31. The molecule has 0 spiro atoms. The van der Waals surface area contributed by atoms with E-state index >= 15 is 0 Å². The summed E-state index contributed by atoms with van der Waals surface area (Å²) in [6.07, 6.45) is -0.776. The third kappa shape index (κ3) is 9.00. The Morgan fingerprint density at radius 3 is 2.09 bits per heavy atom. The number of aryl methyl sites for hydroxylation is 1. The first-order valence-electron chi connectivity index (χ1n) is 14.0. The molecule has 0 fully saturated rings. The number of halogens is 3. The number of carbonyl (C=O) groups excluding carboxylic acids is 4. The molecule has 0 atom stereocenters. The molecule has 0 radical (unpaired) electrons. The van der Waals surface area contributed by atoms with Crippen LogP contribution in [0.3, 0.4) is 0 Å². The number of aromatic nitrogens is 2. The molecule has 14 heteroatoms. The minimum atomic E-state index is -4.60. The van der Waals surface area contributed by atoms with Crippen molar-refractivity contribution < 1.29 is 32.3 Å². The molecule has 0 unspecified atom stereocenters. The number of rotatable bonds is 10. The third-order valence-electron chi connectivity index (χ3n) is 6.67. The van der Waals surface area contributed by atoms with Crippen molar-refractivity contribution in [2.24, 2.45) is 0 Å². The van der Waals surface area contributed by atoms with Crippen molar-refractivity contribution >= 4 is 52.3 Å². The number of alkyl halides is 3. The molecule has 0 aliphatic carbocycles. The van der Waals surface area contributed by atoms with E-state index in [0.717, 1.165) is 24.3 Å². The van der Waals surface area contributed by atoms with Crippen LogP contribution in [0.4, 0.5) is 41.9 Å². The second-order valence-corrected chi connectivity index (χ2v) is 10.8. The quantitative estimate of drug-likeness (QED) is 0.131. The van der Waals surface area contributed by atoms with Gasteiger partial charge in [-0.3, -0.25) is 19.2 Å². The maximum Gasteiger partial charge on any atom is 0.416 e. The largest absolute Gasteiger partial charge is 0.416 e. The van der Waals surface area contributed by atoms with Crippen molar-refractivity contribution in [2.45, 2.75) is 32.5 Å². The lowest BCUT2D eigenvalue weighted by atomic mass is 10.0. The van der Waals surface area contributed by atoms with E-state index in [4.69, 9.17) is 0 Å². The fraction of sp³-hybridized carbons (Fsp3) is 0.152. The van der Waals surface area contributed by atoms with Gasteiger partial charge in [-0.1, -0.05) is 24.8 Å². The predicted octanol–water partition coefficient (Wildman–Crippen LogP) is 6.07. The first-order chi connectivity index (χ1) is 22.1. The maximum absolute atomic E-state index is 13.1. The highest BCUT2D eigenvalue weighted by atomic mass is 19.4. The SMILES string of the molecule is C=CC(=O)NC(C)(C)C(=O)Nc1cccc(Nc2ncc(NC(=O)c3cc(NC(=O)c4cccc(C(F)(F)F)c4)ccc3C)cn2)c1. The topological polar surface area (TPSA) is 154 Å². The molecule has 5 N–H and O–H groups in total. The molecule has 1 heterocycles. The molecule has 0 saturated heterocycles. The second-order valence-electron chi connectivity index (χ2n) is 10.8. The number of hydrogen-bond donors (Lipinski definition) is 5. The lowest BCUT2D eigenvalue weighted by molar-refractivity contribution is -0.137. The monoisotopic (exact) mass is 645 g/mol. The minimum Gasteiger partial charge on any atom is -0.339 e. The molecule has 4 amide bonds. The molecule has 11 nitrogen and oxygen atoms in total. The van der Waals surface area contributed by atoms with Crippen molar-refractivity contribution in [3.05, 3.63) is 114 Å². The molecule has 0 saturated carbocycles. The molecular weight excluding hydrogens is 615 g/mol. The van der Waals surface area contributed by atoms with Crippen LogP contribution in [0, 0.1) is 6.92 Å². The summed E-state index contributed by atoms with van der Waals surface area (Å²) < 4.78 is 39.2. The summed E-state index contributed by atoms with van der Waals surface area (Å²) in [4.78, 5) is 58.4. The molecule has 4 rings (SSSR count). The van der Waals surface area contributed by atoms with Crippen LogP contribution in [0.25, 0.3) is 0 Å². The Morgan fingerprint density at radius 2 is 1.40 bits per heavy atom. The van der Waals surface area contributed by atoms with Crippen LogP contribution >= 0.6 is 0 Å². The second kappa shape index (κ2) is 13.9. The molecule has 242 valence electrons. The summed E-state index contributed by atoms with van der Waals surface area (Å²) in [6.45, 7) is 8.18. The van der Waals surface area contributed by atoms with Crippen LogP contribution in [0.5, 0.6) is 0 Å². The number of carbonyl (C=O) groups is 4. The molecular formula is C33H30F3N7O4. The van der Waals surface area contributed by atoms with Crippen LogP contribution < -0.4 is 26.6 Å². The third-order valence-corrected chi connectivity index (χ3v) is 6.67. The highest BCUT2D eigenvalue weighted by Crippen LogP contribution is 2.30. The minimum absolute atomic E-state index is 0.188. The smallest absolute Gasteiger partial charge is 0.339 e. The van der Waals surface area contributed by atoms with Gasteiger partial charge in [-0.25, -0.2) is 9.97 Å². The summed E-state index contributed by atoms with van der Waals surface area (Å²) in [5.41, 5.74) is -0.0693. The molecule has 1 aromatic heterocycles. The van der Waals surface area contributed by atoms with Gasteiger partial charge in [0.1, 0.15) is 5.54 Å². The van der Waals surface area contributed by atoms with Crippen LogP contribution in [-0.4, -0.2) is 39.1 Å². The van der Waals surface area contributed by atoms with Gasteiger partial charge in [0.2, 0.25) is 17.8 Å². The average molecular weight is 646 g/mol. The van der Waals surface area contributed by atoms with E-state index in [2.05, 4.69) is 43.1 Å². The summed E-state index contributed by atoms with van der Waals surface area (Å²) in [7, 11) is 0. The Hall–Kier alpha value is -6.05. The number of nitrogens with one attached hydrogen (secondary N) is 5. The average Bonchev–Trinajstić information content (AvgIpc) is 3.02. The highest BCUT2D eigenvalue weighted by molar-refractivity contribution is 6.08. The van der Waals surface area contributed by atoms with E-state index in [0.29, 0.717) is 16.9 Å². The molecule has 4 aromatic rings. The molecule has 0 bridgehead atoms. The zero-order chi connectivity index (χ0) is 34.4. The van der Waals surface area contributed by atoms with Crippen LogP contribution in [0.15, 0.2) is 91.8 Å².